The molecule has 138 valence electrons. The lowest BCUT2D eigenvalue weighted by atomic mass is 10.2. The average Bonchev–Trinajstić information content (AvgIpc) is 2.91. The van der Waals surface area contributed by atoms with Gasteiger partial charge in [-0.15, -0.1) is 0 Å². The van der Waals surface area contributed by atoms with Gasteiger partial charge in [0.2, 0.25) is 0 Å². The van der Waals surface area contributed by atoms with Crippen LogP contribution in [0.1, 0.15) is 15.9 Å². The number of halogens is 2. The second-order valence-corrected chi connectivity index (χ2v) is 7.89. The number of benzene rings is 2. The lowest BCUT2D eigenvalue weighted by Gasteiger charge is -2.13. The third-order valence-electron chi connectivity index (χ3n) is 3.77. The Bertz CT molecular complexity index is 914. The number of nitrogens with one attached hydrogen (secondary N) is 1. The summed E-state index contributed by atoms with van der Waals surface area (Å²) in [6.45, 7) is 0.244. The maximum absolute atomic E-state index is 13.0. The summed E-state index contributed by atoms with van der Waals surface area (Å²) in [7, 11) is 0. The molecule has 1 fully saturated rings. The molecule has 0 spiro atoms. The van der Waals surface area contributed by atoms with Gasteiger partial charge in [-0.1, -0.05) is 12.1 Å². The summed E-state index contributed by atoms with van der Waals surface area (Å²) in [5, 5.41) is 2.31. The normalized spacial score (nSPS) is 15.5. The van der Waals surface area contributed by atoms with Crippen LogP contribution in [-0.2, 0) is 4.79 Å². The Labute approximate surface area is 173 Å². The molecule has 0 radical (unpaired) electrons. The van der Waals surface area contributed by atoms with Crippen LogP contribution in [0.2, 0.25) is 0 Å². The van der Waals surface area contributed by atoms with Crippen LogP contribution < -0.4 is 5.32 Å². The fraction of sp³-hybridized carbons (Fsp3) is 0.105. The van der Waals surface area contributed by atoms with Crippen LogP contribution in [-0.4, -0.2) is 35.0 Å². The maximum Gasteiger partial charge on any atom is 0.293 e. The number of hydrogen-bond acceptors (Lipinski definition) is 4. The molecule has 0 aromatic heterocycles. The number of amides is 3. The van der Waals surface area contributed by atoms with Crippen molar-refractivity contribution in [3.8, 4) is 0 Å². The van der Waals surface area contributed by atoms with Gasteiger partial charge in [0.05, 0.1) is 4.91 Å². The fourth-order valence-corrected chi connectivity index (χ4v) is 3.61. The van der Waals surface area contributed by atoms with E-state index >= 15 is 0 Å². The molecule has 1 aliphatic rings. The molecule has 0 bridgehead atoms. The van der Waals surface area contributed by atoms with Crippen molar-refractivity contribution < 1.29 is 18.8 Å². The largest absolute Gasteiger partial charge is 0.350 e. The van der Waals surface area contributed by atoms with Crippen molar-refractivity contribution in [2.75, 3.05) is 13.1 Å². The van der Waals surface area contributed by atoms with Crippen LogP contribution in [0.3, 0.4) is 0 Å². The van der Waals surface area contributed by atoms with Crippen molar-refractivity contribution in [1.82, 2.24) is 10.2 Å². The number of rotatable bonds is 5. The molecule has 0 saturated carbocycles. The van der Waals surface area contributed by atoms with Gasteiger partial charge in [-0.3, -0.25) is 19.3 Å². The van der Waals surface area contributed by atoms with Gasteiger partial charge in [0, 0.05) is 22.2 Å². The number of nitrogens with zero attached hydrogens (tertiary/aromatic N) is 1. The first-order valence-electron chi connectivity index (χ1n) is 7.99. The maximum atomic E-state index is 13.0. The van der Waals surface area contributed by atoms with Crippen LogP contribution in [0, 0.1) is 9.39 Å². The predicted molar refractivity (Wildman–Crippen MR) is 111 cm³/mol. The summed E-state index contributed by atoms with van der Waals surface area (Å²) in [6.07, 6.45) is 1.55. The van der Waals surface area contributed by atoms with E-state index in [1.165, 1.54) is 24.3 Å². The summed E-state index contributed by atoms with van der Waals surface area (Å²) >= 11 is 2.98. The Morgan fingerprint density at radius 2 is 1.78 bits per heavy atom. The molecule has 8 heteroatoms. The van der Waals surface area contributed by atoms with Gasteiger partial charge >= 0.3 is 0 Å². The Balaban J connectivity index is 1.58. The minimum absolute atomic E-state index is 0.0849. The summed E-state index contributed by atoms with van der Waals surface area (Å²) in [5.74, 6) is -1.05. The van der Waals surface area contributed by atoms with Gasteiger partial charge in [-0.25, -0.2) is 4.39 Å². The lowest BCUT2D eigenvalue weighted by Crippen LogP contribution is -2.37. The topological polar surface area (TPSA) is 66.5 Å². The van der Waals surface area contributed by atoms with Gasteiger partial charge in [-0.2, -0.15) is 0 Å². The van der Waals surface area contributed by atoms with Gasteiger partial charge in [-0.05, 0) is 82.4 Å². The molecule has 3 amide bonds. The van der Waals surface area contributed by atoms with Crippen LogP contribution in [0.5, 0.6) is 0 Å². The van der Waals surface area contributed by atoms with Crippen molar-refractivity contribution in [3.63, 3.8) is 0 Å². The zero-order valence-corrected chi connectivity index (χ0v) is 16.9. The second-order valence-electron chi connectivity index (χ2n) is 5.65. The Morgan fingerprint density at radius 1 is 1.11 bits per heavy atom. The van der Waals surface area contributed by atoms with Crippen molar-refractivity contribution in [2.24, 2.45) is 0 Å². The zero-order chi connectivity index (χ0) is 19.4. The van der Waals surface area contributed by atoms with Gasteiger partial charge in [0.15, 0.2) is 0 Å². The molecule has 0 aliphatic carbocycles. The summed E-state index contributed by atoms with van der Waals surface area (Å²) in [6, 6.07) is 12.7. The highest BCUT2D eigenvalue weighted by Crippen LogP contribution is 2.31. The Kier molecular flexibility index (Phi) is 6.27. The van der Waals surface area contributed by atoms with E-state index in [9.17, 15) is 18.8 Å². The number of carbonyl (C=O) groups excluding carboxylic acids is 3. The molecule has 1 aliphatic heterocycles. The third-order valence-corrected chi connectivity index (χ3v) is 5.40. The number of thioether (sulfide) groups is 1. The lowest BCUT2D eigenvalue weighted by molar-refractivity contribution is -0.122. The standard InChI is InChI=1S/C19H14FIN2O3S/c20-14-5-1-12(2-6-14)11-16-18(25)23(19(26)27-16)10-9-22-17(24)13-3-7-15(21)8-4-13/h1-8,11H,9-10H2,(H,22,24)/b16-11+. The van der Waals surface area contributed by atoms with Crippen molar-refractivity contribution in [1.29, 1.82) is 0 Å². The highest BCUT2D eigenvalue weighted by Gasteiger charge is 2.34. The number of hydrogen-bond donors (Lipinski definition) is 1. The van der Waals surface area contributed by atoms with E-state index in [1.54, 1.807) is 18.2 Å². The first-order chi connectivity index (χ1) is 12.9. The van der Waals surface area contributed by atoms with E-state index in [0.717, 1.165) is 20.2 Å². The molecule has 0 unspecified atom stereocenters. The third kappa shape index (κ3) is 4.95. The molecule has 5 nitrogen and oxygen atoms in total. The smallest absolute Gasteiger partial charge is 0.293 e. The van der Waals surface area contributed by atoms with Gasteiger partial charge < -0.3 is 5.32 Å². The summed E-state index contributed by atoms with van der Waals surface area (Å²) in [5.41, 5.74) is 1.15. The highest BCUT2D eigenvalue weighted by molar-refractivity contribution is 14.1. The molecule has 3 rings (SSSR count). The molecule has 2 aromatic rings. The van der Waals surface area contributed by atoms with Crippen LogP contribution in [0.15, 0.2) is 53.4 Å². The predicted octanol–water partition coefficient (Wildman–Crippen LogP) is 3.90. The fourth-order valence-electron chi connectivity index (χ4n) is 2.39. The van der Waals surface area contributed by atoms with Crippen LogP contribution in [0.4, 0.5) is 9.18 Å². The van der Waals surface area contributed by atoms with E-state index in [2.05, 4.69) is 27.9 Å². The molecular weight excluding hydrogens is 482 g/mol. The molecule has 1 heterocycles. The van der Waals surface area contributed by atoms with E-state index in [-0.39, 0.29) is 29.7 Å². The molecular formula is C19H14FIN2O3S. The van der Waals surface area contributed by atoms with Crippen molar-refractivity contribution in [2.45, 2.75) is 0 Å². The molecule has 2 aromatic carbocycles. The van der Waals surface area contributed by atoms with E-state index in [0.29, 0.717) is 11.1 Å². The first kappa shape index (κ1) is 19.6. The SMILES string of the molecule is O=C(NCCN1C(=O)S/C(=C/c2ccc(F)cc2)C1=O)c1ccc(I)cc1. The quantitative estimate of drug-likeness (QED) is 0.504. The molecule has 27 heavy (non-hydrogen) atoms. The Morgan fingerprint density at radius 3 is 2.44 bits per heavy atom. The van der Waals surface area contributed by atoms with Crippen LogP contribution in [0.25, 0.3) is 6.08 Å². The minimum Gasteiger partial charge on any atom is -0.350 e. The Hall–Kier alpha value is -2.20. The monoisotopic (exact) mass is 496 g/mol. The van der Waals surface area contributed by atoms with E-state index < -0.39 is 11.1 Å². The zero-order valence-electron chi connectivity index (χ0n) is 13.9. The number of imide groups is 1. The summed E-state index contributed by atoms with van der Waals surface area (Å²) in [4.78, 5) is 37.9. The average molecular weight is 496 g/mol. The second kappa shape index (κ2) is 8.66. The first-order valence-corrected chi connectivity index (χ1v) is 9.88. The van der Waals surface area contributed by atoms with E-state index in [1.807, 2.05) is 12.1 Å². The molecule has 1 saturated heterocycles. The number of carbonyl (C=O) groups is 3. The van der Waals surface area contributed by atoms with Gasteiger partial charge in [0.25, 0.3) is 17.1 Å². The highest BCUT2D eigenvalue weighted by atomic mass is 127. The minimum atomic E-state index is -0.419. The van der Waals surface area contributed by atoms with Crippen molar-refractivity contribution in [3.05, 3.63) is 74.0 Å². The van der Waals surface area contributed by atoms with Crippen molar-refractivity contribution >= 4 is 57.5 Å². The molecule has 0 atom stereocenters. The van der Waals surface area contributed by atoms with E-state index in [4.69, 9.17) is 0 Å². The van der Waals surface area contributed by atoms with Crippen LogP contribution >= 0.6 is 34.4 Å². The summed E-state index contributed by atoms with van der Waals surface area (Å²) < 4.78 is 14.0. The molecule has 1 N–H and O–H groups in total. The van der Waals surface area contributed by atoms with Gasteiger partial charge in [0.1, 0.15) is 5.82 Å².